The van der Waals surface area contributed by atoms with Crippen molar-refractivity contribution in [2.75, 3.05) is 0 Å². The molecule has 134 valence electrons. The van der Waals surface area contributed by atoms with Crippen LogP contribution in [0.4, 0.5) is 0 Å². The molecule has 0 saturated carbocycles. The lowest BCUT2D eigenvalue weighted by molar-refractivity contribution is -0.147. The Morgan fingerprint density at radius 2 is 1.65 bits per heavy atom. The Kier molecular flexibility index (Phi) is 7.50. The van der Waals surface area contributed by atoms with Gasteiger partial charge in [0, 0.05) is 6.42 Å². The smallest absolute Gasteiger partial charge is 0.237 e. The number of aliphatic hydroxyl groups excluding tert-OH is 1. The quantitative estimate of drug-likeness (QED) is 0.683. The molecule has 1 rings (SSSR count). The lowest BCUT2D eigenvalue weighted by Gasteiger charge is -2.28. The fourth-order valence-electron chi connectivity index (χ4n) is 2.69. The van der Waals surface area contributed by atoms with E-state index < -0.39 is 39.0 Å². The Morgan fingerprint density at radius 1 is 1.17 bits per heavy atom. The molecule has 0 aromatic heterocycles. The Morgan fingerprint density at radius 3 is 2.09 bits per heavy atom. The van der Waals surface area contributed by atoms with Crippen molar-refractivity contribution in [3.8, 4) is 0 Å². The highest BCUT2D eigenvalue weighted by atomic mass is 35.5. The van der Waals surface area contributed by atoms with E-state index in [0.29, 0.717) is 6.42 Å². The third-order valence-corrected chi connectivity index (χ3v) is 6.16. The van der Waals surface area contributed by atoms with E-state index in [4.69, 9.17) is 46.4 Å². The standard InChI is InChI=1S/C15H23Cl4NO3/c1-7(12(16)17)5-9-11(22)15(3,4)14(23)20(9)10(21)6-8(2)13(18)19/h7-9,11-13,22H,5-6H2,1-4H3. The zero-order valence-corrected chi connectivity index (χ0v) is 16.6. The minimum Gasteiger partial charge on any atom is -0.390 e. The van der Waals surface area contributed by atoms with Gasteiger partial charge in [-0.3, -0.25) is 14.5 Å². The van der Waals surface area contributed by atoms with Crippen LogP contribution in [0.2, 0.25) is 0 Å². The highest BCUT2D eigenvalue weighted by molar-refractivity contribution is 6.44. The zero-order chi connectivity index (χ0) is 18.1. The van der Waals surface area contributed by atoms with Crippen LogP contribution in [-0.2, 0) is 9.59 Å². The minimum atomic E-state index is -1.04. The van der Waals surface area contributed by atoms with Crippen molar-refractivity contribution in [3.05, 3.63) is 0 Å². The van der Waals surface area contributed by atoms with Gasteiger partial charge in [0.2, 0.25) is 11.8 Å². The first kappa shape index (κ1) is 21.3. The molecule has 4 unspecified atom stereocenters. The van der Waals surface area contributed by atoms with Crippen LogP contribution in [0.25, 0.3) is 0 Å². The number of amides is 2. The predicted molar refractivity (Wildman–Crippen MR) is 94.0 cm³/mol. The first-order valence-corrected chi connectivity index (χ1v) is 9.26. The second-order valence-electron chi connectivity index (χ2n) is 6.87. The van der Waals surface area contributed by atoms with Gasteiger partial charge in [-0.05, 0) is 32.1 Å². The maximum Gasteiger partial charge on any atom is 0.237 e. The van der Waals surface area contributed by atoms with Crippen molar-refractivity contribution in [3.63, 3.8) is 0 Å². The SMILES string of the molecule is CC(CC(=O)N1C(=O)C(C)(C)C(O)C1CC(C)C(Cl)Cl)C(Cl)Cl. The fourth-order valence-corrected chi connectivity index (χ4v) is 3.07. The van der Waals surface area contributed by atoms with Gasteiger partial charge in [-0.15, -0.1) is 46.4 Å². The summed E-state index contributed by atoms with van der Waals surface area (Å²) in [4.78, 5) is 25.0. The lowest BCUT2D eigenvalue weighted by Crippen LogP contribution is -2.43. The molecule has 1 heterocycles. The summed E-state index contributed by atoms with van der Waals surface area (Å²) in [5.74, 6) is -1.27. The zero-order valence-electron chi connectivity index (χ0n) is 13.6. The topological polar surface area (TPSA) is 57.6 Å². The summed E-state index contributed by atoms with van der Waals surface area (Å²) in [5, 5.41) is 10.5. The molecule has 1 saturated heterocycles. The Bertz CT molecular complexity index is 456. The van der Waals surface area contributed by atoms with Gasteiger partial charge < -0.3 is 5.11 Å². The normalized spacial score (nSPS) is 26.9. The van der Waals surface area contributed by atoms with Crippen LogP contribution >= 0.6 is 46.4 Å². The summed E-state index contributed by atoms with van der Waals surface area (Å²) in [6.07, 6.45) is -0.617. The molecule has 8 heteroatoms. The number of imide groups is 1. The van der Waals surface area contributed by atoms with Gasteiger partial charge >= 0.3 is 0 Å². The van der Waals surface area contributed by atoms with Crippen molar-refractivity contribution in [1.29, 1.82) is 0 Å². The summed E-state index contributed by atoms with van der Waals surface area (Å²) in [6, 6.07) is -0.656. The molecule has 0 aromatic rings. The number of aliphatic hydroxyl groups is 1. The first-order chi connectivity index (χ1) is 10.4. The fraction of sp³-hybridized carbons (Fsp3) is 0.867. The molecule has 23 heavy (non-hydrogen) atoms. The van der Waals surface area contributed by atoms with Crippen molar-refractivity contribution in [1.82, 2.24) is 4.90 Å². The van der Waals surface area contributed by atoms with E-state index in [9.17, 15) is 14.7 Å². The third-order valence-electron chi connectivity index (χ3n) is 4.44. The summed E-state index contributed by atoms with van der Waals surface area (Å²) in [6.45, 7) is 6.79. The summed E-state index contributed by atoms with van der Waals surface area (Å²) in [7, 11) is 0. The number of likely N-dealkylation sites (tertiary alicyclic amines) is 1. The largest absolute Gasteiger partial charge is 0.390 e. The molecule has 1 N–H and O–H groups in total. The maximum absolute atomic E-state index is 12.6. The van der Waals surface area contributed by atoms with E-state index >= 15 is 0 Å². The van der Waals surface area contributed by atoms with E-state index in [1.54, 1.807) is 20.8 Å². The van der Waals surface area contributed by atoms with Crippen LogP contribution in [0.3, 0.4) is 0 Å². The number of halogens is 4. The van der Waals surface area contributed by atoms with Gasteiger partial charge in [0.15, 0.2) is 0 Å². The molecular weight excluding hydrogens is 384 g/mol. The average molecular weight is 407 g/mol. The van der Waals surface area contributed by atoms with E-state index in [1.807, 2.05) is 6.92 Å². The van der Waals surface area contributed by atoms with Crippen LogP contribution in [-0.4, -0.2) is 43.6 Å². The van der Waals surface area contributed by atoms with Gasteiger partial charge in [0.05, 0.1) is 17.6 Å². The number of hydrogen-bond acceptors (Lipinski definition) is 3. The molecule has 1 aliphatic heterocycles. The molecule has 0 radical (unpaired) electrons. The van der Waals surface area contributed by atoms with E-state index in [1.165, 1.54) is 0 Å². The number of carbonyl (C=O) groups is 2. The second kappa shape index (κ2) is 8.09. The van der Waals surface area contributed by atoms with Gasteiger partial charge in [-0.2, -0.15) is 0 Å². The second-order valence-corrected chi connectivity index (χ2v) is 9.19. The number of rotatable bonds is 6. The molecule has 1 aliphatic rings. The minimum absolute atomic E-state index is 0.0300. The van der Waals surface area contributed by atoms with Crippen LogP contribution in [0.15, 0.2) is 0 Å². The molecule has 0 spiro atoms. The van der Waals surface area contributed by atoms with E-state index in [0.717, 1.165) is 4.90 Å². The Balaban J connectivity index is 3.03. The molecule has 0 bridgehead atoms. The Labute approximate surface area is 157 Å². The monoisotopic (exact) mass is 405 g/mol. The summed E-state index contributed by atoms with van der Waals surface area (Å²) in [5.41, 5.74) is -1.04. The molecule has 0 aromatic carbocycles. The van der Waals surface area contributed by atoms with Crippen molar-refractivity contribution in [2.45, 2.75) is 62.4 Å². The third kappa shape index (κ3) is 4.66. The molecule has 2 amide bonds. The van der Waals surface area contributed by atoms with Crippen LogP contribution in [0.1, 0.15) is 40.5 Å². The lowest BCUT2D eigenvalue weighted by atomic mass is 9.84. The summed E-state index contributed by atoms with van der Waals surface area (Å²) < 4.78 is 0. The molecule has 4 nitrogen and oxygen atoms in total. The van der Waals surface area contributed by atoms with Gasteiger partial charge in [0.1, 0.15) is 9.67 Å². The van der Waals surface area contributed by atoms with Gasteiger partial charge in [-0.25, -0.2) is 0 Å². The average Bonchev–Trinajstić information content (AvgIpc) is 2.59. The Hall–Kier alpha value is 0.260. The summed E-state index contributed by atoms with van der Waals surface area (Å²) >= 11 is 23.3. The van der Waals surface area contributed by atoms with Crippen molar-refractivity contribution < 1.29 is 14.7 Å². The molecule has 1 fully saturated rings. The highest BCUT2D eigenvalue weighted by Gasteiger charge is 2.55. The maximum atomic E-state index is 12.6. The predicted octanol–water partition coefficient (Wildman–Crippen LogP) is 3.77. The van der Waals surface area contributed by atoms with Gasteiger partial charge in [0.25, 0.3) is 0 Å². The van der Waals surface area contributed by atoms with Crippen LogP contribution in [0, 0.1) is 17.3 Å². The number of carbonyl (C=O) groups excluding carboxylic acids is 2. The number of alkyl halides is 4. The van der Waals surface area contributed by atoms with Crippen LogP contribution in [0.5, 0.6) is 0 Å². The molecular formula is C15H23Cl4NO3. The van der Waals surface area contributed by atoms with E-state index in [-0.39, 0.29) is 18.3 Å². The number of hydrogen-bond donors (Lipinski definition) is 1. The molecule has 0 aliphatic carbocycles. The van der Waals surface area contributed by atoms with E-state index in [2.05, 4.69) is 0 Å². The van der Waals surface area contributed by atoms with Crippen molar-refractivity contribution >= 4 is 58.2 Å². The molecule has 4 atom stereocenters. The van der Waals surface area contributed by atoms with Crippen LogP contribution < -0.4 is 0 Å². The van der Waals surface area contributed by atoms with Crippen molar-refractivity contribution in [2.24, 2.45) is 17.3 Å². The first-order valence-electron chi connectivity index (χ1n) is 7.52. The van der Waals surface area contributed by atoms with Gasteiger partial charge in [-0.1, -0.05) is 13.8 Å². The number of nitrogens with zero attached hydrogens (tertiary/aromatic N) is 1. The highest BCUT2D eigenvalue weighted by Crippen LogP contribution is 2.40.